The van der Waals surface area contributed by atoms with Crippen molar-refractivity contribution in [3.63, 3.8) is 0 Å². The lowest BCUT2D eigenvalue weighted by Gasteiger charge is -1.84. The molecule has 4 nitrogen and oxygen atoms in total. The number of hydrogen-bond acceptors (Lipinski definition) is 4. The standard InChI is InChI=1S/C2H4O4/c1-2-3-5-6-4-2/h2H,1H3. The summed E-state index contributed by atoms with van der Waals surface area (Å²) in [4.78, 5) is 8.42. The third-order valence-electron chi connectivity index (χ3n) is 0.377. The quantitative estimate of drug-likeness (QED) is 0.399. The van der Waals surface area contributed by atoms with E-state index in [2.05, 4.69) is 19.9 Å². The van der Waals surface area contributed by atoms with Crippen LogP contribution in [-0.4, -0.2) is 6.29 Å². The Hall–Kier alpha value is -0.160. The lowest BCUT2D eigenvalue weighted by Crippen LogP contribution is -1.97. The third kappa shape index (κ3) is 0.662. The van der Waals surface area contributed by atoms with Crippen LogP contribution in [0.1, 0.15) is 6.92 Å². The van der Waals surface area contributed by atoms with Gasteiger partial charge in [0.15, 0.2) is 0 Å². The van der Waals surface area contributed by atoms with Crippen molar-refractivity contribution in [3.8, 4) is 0 Å². The van der Waals surface area contributed by atoms with E-state index in [0.29, 0.717) is 0 Å². The molecule has 0 aromatic rings. The molecule has 0 N–H and O–H groups in total. The number of rotatable bonds is 0. The Kier molecular flexibility index (Phi) is 1.02. The molecule has 1 fully saturated rings. The fourth-order valence-corrected chi connectivity index (χ4v) is 0.159. The Bertz CT molecular complexity index is 38.8. The smallest absolute Gasteiger partial charge is 0.169 e. The maximum atomic E-state index is 4.21. The lowest BCUT2D eigenvalue weighted by molar-refractivity contribution is -0.532. The normalized spacial score (nSPS) is 25.5. The van der Waals surface area contributed by atoms with Gasteiger partial charge >= 0.3 is 0 Å². The van der Waals surface area contributed by atoms with Crippen molar-refractivity contribution >= 4 is 0 Å². The average molecular weight is 92.0 g/mol. The predicted molar refractivity (Wildman–Crippen MR) is 13.8 cm³/mol. The van der Waals surface area contributed by atoms with E-state index >= 15 is 0 Å². The van der Waals surface area contributed by atoms with Crippen molar-refractivity contribution in [2.45, 2.75) is 13.2 Å². The van der Waals surface area contributed by atoms with Crippen LogP contribution in [0.4, 0.5) is 0 Å². The highest BCUT2D eigenvalue weighted by atomic mass is 17.7. The van der Waals surface area contributed by atoms with Gasteiger partial charge in [-0.2, -0.15) is 9.78 Å². The molecule has 4 heteroatoms. The molecule has 0 amide bonds. The zero-order valence-electron chi connectivity index (χ0n) is 3.21. The Morgan fingerprint density at radius 1 is 1.17 bits per heavy atom. The van der Waals surface area contributed by atoms with Gasteiger partial charge in [0, 0.05) is 0 Å². The van der Waals surface area contributed by atoms with Gasteiger partial charge in [0.25, 0.3) is 0 Å². The summed E-state index contributed by atoms with van der Waals surface area (Å²) < 4.78 is 0. The highest BCUT2D eigenvalue weighted by Crippen LogP contribution is 2.03. The van der Waals surface area contributed by atoms with E-state index in [4.69, 9.17) is 0 Å². The molecule has 0 aliphatic carbocycles. The molecule has 0 aromatic heterocycles. The third-order valence-corrected chi connectivity index (χ3v) is 0.377. The van der Waals surface area contributed by atoms with E-state index in [-0.39, 0.29) is 0 Å². The maximum Gasteiger partial charge on any atom is 0.228 e. The molecule has 6 heavy (non-hydrogen) atoms. The van der Waals surface area contributed by atoms with Gasteiger partial charge in [-0.1, -0.05) is 0 Å². The van der Waals surface area contributed by atoms with Crippen molar-refractivity contribution in [2.24, 2.45) is 0 Å². The summed E-state index contributed by atoms with van der Waals surface area (Å²) in [6, 6.07) is 0. The van der Waals surface area contributed by atoms with E-state index in [9.17, 15) is 0 Å². The van der Waals surface area contributed by atoms with E-state index in [1.165, 1.54) is 0 Å². The van der Waals surface area contributed by atoms with E-state index < -0.39 is 6.29 Å². The summed E-state index contributed by atoms with van der Waals surface area (Å²) in [5.41, 5.74) is 0. The predicted octanol–water partition coefficient (Wildman–Crippen LogP) is 0.157. The Balaban J connectivity index is 2.18. The van der Waals surface area contributed by atoms with Gasteiger partial charge in [0.2, 0.25) is 6.29 Å². The number of hydrogen-bond donors (Lipinski definition) is 0. The second-order valence-electron chi connectivity index (χ2n) is 0.896. The zero-order valence-corrected chi connectivity index (χ0v) is 3.21. The second-order valence-corrected chi connectivity index (χ2v) is 0.896. The van der Waals surface area contributed by atoms with Crippen molar-refractivity contribution < 1.29 is 19.9 Å². The molecule has 0 spiro atoms. The van der Waals surface area contributed by atoms with Gasteiger partial charge in [-0.05, 0) is 17.0 Å². The van der Waals surface area contributed by atoms with Crippen LogP contribution in [-0.2, 0) is 19.9 Å². The summed E-state index contributed by atoms with van der Waals surface area (Å²) in [6.07, 6.45) is -0.398. The van der Waals surface area contributed by atoms with Crippen LogP contribution in [0, 0.1) is 0 Å². The molecule has 1 heterocycles. The first kappa shape index (κ1) is 4.01. The van der Waals surface area contributed by atoms with Crippen LogP contribution in [0.5, 0.6) is 0 Å². The fourth-order valence-electron chi connectivity index (χ4n) is 0.159. The van der Waals surface area contributed by atoms with Gasteiger partial charge in [0.1, 0.15) is 0 Å². The molecule has 0 radical (unpaired) electrons. The summed E-state index contributed by atoms with van der Waals surface area (Å²) in [5, 5.41) is 7.67. The van der Waals surface area contributed by atoms with E-state index in [1.807, 2.05) is 0 Å². The first-order valence-electron chi connectivity index (χ1n) is 1.55. The van der Waals surface area contributed by atoms with Crippen LogP contribution in [0.25, 0.3) is 0 Å². The molecule has 0 bridgehead atoms. The Labute approximate surface area is 34.3 Å². The molecule has 1 saturated heterocycles. The maximum absolute atomic E-state index is 4.21. The molecule has 0 atom stereocenters. The monoisotopic (exact) mass is 92.0 g/mol. The summed E-state index contributed by atoms with van der Waals surface area (Å²) in [7, 11) is 0. The van der Waals surface area contributed by atoms with E-state index in [1.54, 1.807) is 6.92 Å². The summed E-state index contributed by atoms with van der Waals surface area (Å²) in [6.45, 7) is 1.65. The van der Waals surface area contributed by atoms with Gasteiger partial charge in [-0.3, -0.25) is 0 Å². The molecular weight excluding hydrogens is 88.0 g/mol. The summed E-state index contributed by atoms with van der Waals surface area (Å²) in [5.74, 6) is 0. The van der Waals surface area contributed by atoms with Crippen LogP contribution in [0.2, 0.25) is 0 Å². The molecule has 1 aliphatic heterocycles. The SMILES string of the molecule is CC1OOOO1. The van der Waals surface area contributed by atoms with Gasteiger partial charge in [-0.25, -0.2) is 0 Å². The largest absolute Gasteiger partial charge is 0.228 e. The van der Waals surface area contributed by atoms with Crippen molar-refractivity contribution in [1.29, 1.82) is 0 Å². The van der Waals surface area contributed by atoms with Crippen molar-refractivity contribution in [1.82, 2.24) is 0 Å². The van der Waals surface area contributed by atoms with E-state index in [0.717, 1.165) is 0 Å². The summed E-state index contributed by atoms with van der Waals surface area (Å²) >= 11 is 0. The first-order valence-corrected chi connectivity index (χ1v) is 1.55. The average Bonchev–Trinajstić information content (AvgIpc) is 1.86. The van der Waals surface area contributed by atoms with Crippen LogP contribution < -0.4 is 0 Å². The lowest BCUT2D eigenvalue weighted by atomic mass is 10.8. The minimum atomic E-state index is -0.398. The minimum Gasteiger partial charge on any atom is -0.169 e. The first-order chi connectivity index (χ1) is 2.89. The van der Waals surface area contributed by atoms with Gasteiger partial charge in [0.05, 0.1) is 0 Å². The van der Waals surface area contributed by atoms with Crippen LogP contribution in [0.15, 0.2) is 0 Å². The molecular formula is C2H4O4. The molecule has 0 unspecified atom stereocenters. The topological polar surface area (TPSA) is 36.9 Å². The highest BCUT2D eigenvalue weighted by Gasteiger charge is 2.12. The van der Waals surface area contributed by atoms with Crippen LogP contribution in [0.3, 0.4) is 0 Å². The molecule has 0 saturated carbocycles. The molecule has 1 aliphatic rings. The highest BCUT2D eigenvalue weighted by molar-refractivity contribution is 4.13. The van der Waals surface area contributed by atoms with Crippen LogP contribution >= 0.6 is 0 Å². The second kappa shape index (κ2) is 1.53. The van der Waals surface area contributed by atoms with Gasteiger partial charge in [-0.15, -0.1) is 0 Å². The minimum absolute atomic E-state index is 0.398. The Morgan fingerprint density at radius 2 is 1.67 bits per heavy atom. The van der Waals surface area contributed by atoms with Crippen molar-refractivity contribution in [2.75, 3.05) is 0 Å². The molecule has 0 aromatic carbocycles. The fraction of sp³-hybridized carbons (Fsp3) is 1.00. The zero-order chi connectivity index (χ0) is 4.41. The molecule has 1 rings (SSSR count). The van der Waals surface area contributed by atoms with Crippen molar-refractivity contribution in [3.05, 3.63) is 0 Å². The molecule has 36 valence electrons. The Morgan fingerprint density at radius 3 is 1.83 bits per heavy atom. The van der Waals surface area contributed by atoms with Gasteiger partial charge < -0.3 is 0 Å².